The molecule has 0 aliphatic carbocycles. The van der Waals surface area contributed by atoms with Crippen LogP contribution in [0.2, 0.25) is 0 Å². The summed E-state index contributed by atoms with van der Waals surface area (Å²) in [6.45, 7) is 6.77. The number of anilines is 2. The summed E-state index contributed by atoms with van der Waals surface area (Å²) in [5, 5.41) is 6.13. The first-order valence-corrected chi connectivity index (χ1v) is 10.2. The van der Waals surface area contributed by atoms with Crippen LogP contribution in [0.5, 0.6) is 0 Å². The zero-order chi connectivity index (χ0) is 23.9. The molecule has 0 saturated carbocycles. The van der Waals surface area contributed by atoms with Crippen molar-refractivity contribution < 1.29 is 28.4 Å². The summed E-state index contributed by atoms with van der Waals surface area (Å²) in [5.74, 6) is -1.66. The molecule has 9 nitrogen and oxygen atoms in total. The maximum absolute atomic E-state index is 13.1. The Morgan fingerprint density at radius 1 is 1.00 bits per heavy atom. The number of carbonyl (C=O) groups is 4. The number of aryl methyl sites for hydroxylation is 3. The van der Waals surface area contributed by atoms with E-state index in [4.69, 9.17) is 9.26 Å². The topological polar surface area (TPSA) is 119 Å². The van der Waals surface area contributed by atoms with E-state index in [0.717, 1.165) is 16.0 Å². The third-order valence-electron chi connectivity index (χ3n) is 5.26. The number of hydrogen-bond acceptors (Lipinski definition) is 7. The minimum absolute atomic E-state index is 0.0506. The van der Waals surface area contributed by atoms with E-state index in [9.17, 15) is 19.2 Å². The van der Waals surface area contributed by atoms with E-state index in [2.05, 4.69) is 10.5 Å². The Balaban J connectivity index is 1.52. The molecule has 1 atom stereocenters. The van der Waals surface area contributed by atoms with Crippen molar-refractivity contribution in [1.29, 1.82) is 0 Å². The second-order valence-corrected chi connectivity index (χ2v) is 7.86. The monoisotopic (exact) mass is 447 g/mol. The molecule has 3 aromatic rings. The predicted molar refractivity (Wildman–Crippen MR) is 118 cm³/mol. The Hall–Kier alpha value is -4.27. The number of amides is 3. The molecule has 1 aliphatic rings. The number of nitrogens with zero attached hydrogens (tertiary/aromatic N) is 2. The maximum atomic E-state index is 13.1. The number of imide groups is 1. The van der Waals surface area contributed by atoms with Gasteiger partial charge < -0.3 is 14.6 Å². The first-order valence-electron chi connectivity index (χ1n) is 10.2. The number of hydrogen-bond donors (Lipinski definition) is 1. The number of esters is 1. The van der Waals surface area contributed by atoms with Crippen LogP contribution in [-0.2, 0) is 9.53 Å². The molecular weight excluding hydrogens is 426 g/mol. The SMILES string of the molecule is Cc1ccc(C)c(N2C(=O)c3ccc(C(=O)O[C@@H](C)C(=O)Nc4cc(C)on4)cc3C2=O)c1. The lowest BCUT2D eigenvalue weighted by Crippen LogP contribution is -2.30. The van der Waals surface area contributed by atoms with Crippen LogP contribution in [0.4, 0.5) is 11.5 Å². The van der Waals surface area contributed by atoms with Crippen molar-refractivity contribution in [2.45, 2.75) is 33.8 Å². The maximum Gasteiger partial charge on any atom is 0.338 e. The van der Waals surface area contributed by atoms with Crippen molar-refractivity contribution in [3.63, 3.8) is 0 Å². The zero-order valence-corrected chi connectivity index (χ0v) is 18.5. The number of aromatic nitrogens is 1. The van der Waals surface area contributed by atoms with Gasteiger partial charge in [0.15, 0.2) is 11.9 Å². The van der Waals surface area contributed by atoms with Gasteiger partial charge >= 0.3 is 5.97 Å². The predicted octanol–water partition coefficient (Wildman–Crippen LogP) is 3.58. The van der Waals surface area contributed by atoms with Crippen LogP contribution >= 0.6 is 0 Å². The van der Waals surface area contributed by atoms with Gasteiger partial charge in [0.05, 0.1) is 22.4 Å². The molecule has 168 valence electrons. The van der Waals surface area contributed by atoms with Gasteiger partial charge in [-0.1, -0.05) is 17.3 Å². The van der Waals surface area contributed by atoms with E-state index in [-0.39, 0.29) is 22.5 Å². The summed E-state index contributed by atoms with van der Waals surface area (Å²) in [7, 11) is 0. The van der Waals surface area contributed by atoms with Gasteiger partial charge in [0.25, 0.3) is 17.7 Å². The van der Waals surface area contributed by atoms with Crippen LogP contribution in [0.1, 0.15) is 54.9 Å². The van der Waals surface area contributed by atoms with Gasteiger partial charge in [-0.05, 0) is 63.1 Å². The largest absolute Gasteiger partial charge is 0.449 e. The van der Waals surface area contributed by atoms with Crippen LogP contribution in [0.3, 0.4) is 0 Å². The van der Waals surface area contributed by atoms with E-state index in [0.29, 0.717) is 11.4 Å². The minimum Gasteiger partial charge on any atom is -0.449 e. The molecule has 4 rings (SSSR count). The molecule has 1 N–H and O–H groups in total. The standard InChI is InChI=1S/C24H21N3O6/c1-12-5-6-13(2)19(9-12)27-22(29)17-8-7-16(11-18(17)23(27)30)24(31)32-15(4)21(28)25-20-10-14(3)33-26-20/h5-11,15H,1-4H3,(H,25,26,28)/t15-/m0/s1. The fourth-order valence-electron chi connectivity index (χ4n) is 3.48. The summed E-state index contributed by atoms with van der Waals surface area (Å²) < 4.78 is 10.1. The molecule has 33 heavy (non-hydrogen) atoms. The Morgan fingerprint density at radius 2 is 1.73 bits per heavy atom. The summed E-state index contributed by atoms with van der Waals surface area (Å²) >= 11 is 0. The molecule has 2 aromatic carbocycles. The normalized spacial score (nSPS) is 13.6. The van der Waals surface area contributed by atoms with Crippen LogP contribution < -0.4 is 10.2 Å². The third-order valence-corrected chi connectivity index (χ3v) is 5.26. The van der Waals surface area contributed by atoms with Gasteiger partial charge in [-0.3, -0.25) is 14.4 Å². The van der Waals surface area contributed by atoms with Gasteiger partial charge in [-0.15, -0.1) is 0 Å². The van der Waals surface area contributed by atoms with Gasteiger partial charge in [-0.25, -0.2) is 9.69 Å². The Bertz CT molecular complexity index is 1310. The van der Waals surface area contributed by atoms with Gasteiger partial charge in [0.2, 0.25) is 0 Å². The Morgan fingerprint density at radius 3 is 2.42 bits per heavy atom. The number of carbonyl (C=O) groups excluding carboxylic acids is 4. The number of benzene rings is 2. The molecular formula is C24H21N3O6. The first-order chi connectivity index (χ1) is 15.7. The summed E-state index contributed by atoms with van der Waals surface area (Å²) in [6, 6.07) is 11.1. The van der Waals surface area contributed by atoms with Gasteiger partial charge in [0, 0.05) is 6.07 Å². The van der Waals surface area contributed by atoms with Gasteiger partial charge in [0.1, 0.15) is 5.76 Å². The molecule has 1 aromatic heterocycles. The quantitative estimate of drug-likeness (QED) is 0.469. The third kappa shape index (κ3) is 4.12. The summed E-state index contributed by atoms with van der Waals surface area (Å²) in [6.07, 6.45) is -1.13. The second-order valence-electron chi connectivity index (χ2n) is 7.86. The Labute approximate surface area is 189 Å². The van der Waals surface area contributed by atoms with E-state index in [1.165, 1.54) is 31.2 Å². The van der Waals surface area contributed by atoms with Crippen LogP contribution in [0.15, 0.2) is 47.0 Å². The lowest BCUT2D eigenvalue weighted by Gasteiger charge is -2.17. The van der Waals surface area contributed by atoms with Crippen molar-refractivity contribution in [3.8, 4) is 0 Å². The zero-order valence-electron chi connectivity index (χ0n) is 18.5. The van der Waals surface area contributed by atoms with E-state index >= 15 is 0 Å². The molecule has 0 radical (unpaired) electrons. The summed E-state index contributed by atoms with van der Waals surface area (Å²) in [4.78, 5) is 51.9. The smallest absolute Gasteiger partial charge is 0.338 e. The highest BCUT2D eigenvalue weighted by Gasteiger charge is 2.38. The van der Waals surface area contributed by atoms with E-state index in [1.54, 1.807) is 13.0 Å². The first kappa shape index (κ1) is 21.9. The number of ether oxygens (including phenoxy) is 1. The van der Waals surface area contributed by atoms with Crippen molar-refractivity contribution in [2.75, 3.05) is 10.2 Å². The highest BCUT2D eigenvalue weighted by atomic mass is 16.5. The number of rotatable bonds is 5. The fraction of sp³-hybridized carbons (Fsp3) is 0.208. The molecule has 2 heterocycles. The Kier molecular flexibility index (Phi) is 5.55. The van der Waals surface area contributed by atoms with Crippen molar-refractivity contribution in [1.82, 2.24) is 5.16 Å². The molecule has 0 spiro atoms. The summed E-state index contributed by atoms with van der Waals surface area (Å²) in [5.41, 5.74) is 2.53. The second kappa shape index (κ2) is 8.34. The molecule has 0 bridgehead atoms. The van der Waals surface area contributed by atoms with Crippen molar-refractivity contribution in [3.05, 3.63) is 76.0 Å². The van der Waals surface area contributed by atoms with E-state index in [1.807, 2.05) is 26.0 Å². The average Bonchev–Trinajstić information content (AvgIpc) is 3.29. The molecule has 1 aliphatic heterocycles. The molecule has 0 fully saturated rings. The van der Waals surface area contributed by atoms with Crippen LogP contribution in [-0.4, -0.2) is 35.0 Å². The molecule has 3 amide bonds. The van der Waals surface area contributed by atoms with Crippen molar-refractivity contribution in [2.24, 2.45) is 0 Å². The van der Waals surface area contributed by atoms with Crippen LogP contribution in [0.25, 0.3) is 0 Å². The van der Waals surface area contributed by atoms with Crippen molar-refractivity contribution >= 4 is 35.2 Å². The van der Waals surface area contributed by atoms with E-state index < -0.39 is 29.8 Å². The highest BCUT2D eigenvalue weighted by Crippen LogP contribution is 2.32. The number of nitrogens with one attached hydrogen (secondary N) is 1. The minimum atomic E-state index is -1.13. The highest BCUT2D eigenvalue weighted by molar-refractivity contribution is 6.35. The molecule has 0 saturated heterocycles. The lowest BCUT2D eigenvalue weighted by atomic mass is 10.1. The molecule has 9 heteroatoms. The average molecular weight is 447 g/mol. The van der Waals surface area contributed by atoms with Gasteiger partial charge in [-0.2, -0.15) is 0 Å². The lowest BCUT2D eigenvalue weighted by molar-refractivity contribution is -0.123. The molecule has 0 unspecified atom stereocenters. The van der Waals surface area contributed by atoms with Crippen LogP contribution in [0, 0.1) is 20.8 Å². The number of fused-ring (bicyclic) bond motifs is 1. The fourth-order valence-corrected chi connectivity index (χ4v) is 3.48.